The van der Waals surface area contributed by atoms with Crippen molar-refractivity contribution in [2.24, 2.45) is 0 Å². The zero-order valence-electron chi connectivity index (χ0n) is 18.4. The van der Waals surface area contributed by atoms with E-state index in [4.69, 9.17) is 21.4 Å². The molecular weight excluding hydrogens is 391 g/mol. The molecule has 0 saturated heterocycles. The van der Waals surface area contributed by atoms with Crippen LogP contribution in [0.1, 0.15) is 135 Å². The van der Waals surface area contributed by atoms with Crippen molar-refractivity contribution in [3.05, 3.63) is 0 Å². The van der Waals surface area contributed by atoms with Gasteiger partial charge in [0.2, 0.25) is 0 Å². The van der Waals surface area contributed by atoms with E-state index in [9.17, 15) is 4.57 Å². The SMILES string of the molecule is O=P(O)(O)CCCCCCCCCCCCCCCCCCCCCCCCl. The normalized spacial score (nSPS) is 12.0. The van der Waals surface area contributed by atoms with Crippen LogP contribution in [0.2, 0.25) is 0 Å². The first-order valence-electron chi connectivity index (χ1n) is 12.2. The fourth-order valence-corrected chi connectivity index (χ4v) is 4.60. The molecule has 5 heteroatoms. The molecule has 3 nitrogen and oxygen atoms in total. The first-order valence-corrected chi connectivity index (χ1v) is 14.5. The van der Waals surface area contributed by atoms with Crippen LogP contribution in [0.4, 0.5) is 0 Å². The number of hydrogen-bond donors (Lipinski definition) is 2. The molecule has 0 heterocycles. The monoisotopic (exact) mass is 438 g/mol. The maximum absolute atomic E-state index is 10.7. The summed E-state index contributed by atoms with van der Waals surface area (Å²) < 4.78 is 10.7. The summed E-state index contributed by atoms with van der Waals surface area (Å²) in [5, 5.41) is 0. The van der Waals surface area contributed by atoms with Crippen LogP contribution in [0.25, 0.3) is 0 Å². The van der Waals surface area contributed by atoms with E-state index in [0.717, 1.165) is 18.7 Å². The second-order valence-corrected chi connectivity index (χ2v) is 10.7. The molecular formula is C23H48ClO3P. The van der Waals surface area contributed by atoms with E-state index in [0.29, 0.717) is 6.42 Å². The highest BCUT2D eigenvalue weighted by atomic mass is 35.5. The Balaban J connectivity index is 3.02. The summed E-state index contributed by atoms with van der Waals surface area (Å²) in [5.41, 5.74) is 0. The lowest BCUT2D eigenvalue weighted by Gasteiger charge is -2.05. The molecule has 0 spiro atoms. The maximum Gasteiger partial charge on any atom is 0.325 e. The van der Waals surface area contributed by atoms with E-state index in [1.165, 1.54) is 116 Å². The summed E-state index contributed by atoms with van der Waals surface area (Å²) in [5.74, 6) is 0.825. The van der Waals surface area contributed by atoms with Crippen molar-refractivity contribution in [3.8, 4) is 0 Å². The summed E-state index contributed by atoms with van der Waals surface area (Å²) in [6, 6.07) is 0. The van der Waals surface area contributed by atoms with Gasteiger partial charge in [0.05, 0.1) is 0 Å². The molecule has 0 bridgehead atoms. The van der Waals surface area contributed by atoms with Crippen LogP contribution in [0.15, 0.2) is 0 Å². The van der Waals surface area contributed by atoms with Gasteiger partial charge >= 0.3 is 7.60 Å². The van der Waals surface area contributed by atoms with Crippen molar-refractivity contribution in [1.29, 1.82) is 0 Å². The van der Waals surface area contributed by atoms with Gasteiger partial charge in [0.1, 0.15) is 0 Å². The lowest BCUT2D eigenvalue weighted by Crippen LogP contribution is -1.88. The molecule has 0 rings (SSSR count). The Kier molecular flexibility index (Phi) is 22.5. The van der Waals surface area contributed by atoms with Crippen molar-refractivity contribution < 1.29 is 14.4 Å². The lowest BCUT2D eigenvalue weighted by atomic mass is 10.0. The molecule has 0 saturated carbocycles. The smallest absolute Gasteiger partial charge is 0.324 e. The average molecular weight is 439 g/mol. The minimum atomic E-state index is -3.77. The highest BCUT2D eigenvalue weighted by Crippen LogP contribution is 2.35. The Bertz CT molecular complexity index is 347. The van der Waals surface area contributed by atoms with Crippen LogP contribution in [-0.2, 0) is 4.57 Å². The predicted molar refractivity (Wildman–Crippen MR) is 125 cm³/mol. The molecule has 0 aliphatic carbocycles. The van der Waals surface area contributed by atoms with Crippen LogP contribution in [-0.4, -0.2) is 21.8 Å². The molecule has 0 aliphatic heterocycles. The van der Waals surface area contributed by atoms with Crippen molar-refractivity contribution in [2.75, 3.05) is 12.0 Å². The molecule has 0 fully saturated rings. The van der Waals surface area contributed by atoms with Crippen molar-refractivity contribution in [1.82, 2.24) is 0 Å². The predicted octanol–water partition coefficient (Wildman–Crippen LogP) is 8.60. The molecule has 0 unspecified atom stereocenters. The number of rotatable bonds is 23. The number of hydrogen-bond acceptors (Lipinski definition) is 1. The van der Waals surface area contributed by atoms with Crippen LogP contribution in [0.5, 0.6) is 0 Å². The molecule has 0 amide bonds. The Labute approximate surface area is 180 Å². The van der Waals surface area contributed by atoms with Gasteiger partial charge in [0.15, 0.2) is 0 Å². The Morgan fingerprint density at radius 2 is 0.643 bits per heavy atom. The molecule has 0 atom stereocenters. The topological polar surface area (TPSA) is 57.5 Å². The van der Waals surface area contributed by atoms with E-state index in [-0.39, 0.29) is 6.16 Å². The van der Waals surface area contributed by atoms with Crippen molar-refractivity contribution in [3.63, 3.8) is 0 Å². The Hall–Kier alpha value is 0.440. The summed E-state index contributed by atoms with van der Waals surface area (Å²) in [7, 11) is -3.77. The van der Waals surface area contributed by atoms with Crippen molar-refractivity contribution in [2.45, 2.75) is 135 Å². The summed E-state index contributed by atoms with van der Waals surface area (Å²) >= 11 is 5.68. The molecule has 170 valence electrons. The van der Waals surface area contributed by atoms with Gasteiger partial charge in [0.25, 0.3) is 0 Å². The van der Waals surface area contributed by atoms with Gasteiger partial charge in [-0.1, -0.05) is 122 Å². The van der Waals surface area contributed by atoms with Crippen LogP contribution in [0, 0.1) is 0 Å². The zero-order valence-corrected chi connectivity index (χ0v) is 20.0. The number of alkyl halides is 1. The van der Waals surface area contributed by atoms with Gasteiger partial charge in [-0.2, -0.15) is 0 Å². The number of halogens is 1. The number of unbranched alkanes of at least 4 members (excludes halogenated alkanes) is 20. The van der Waals surface area contributed by atoms with Gasteiger partial charge in [-0.05, 0) is 12.8 Å². The van der Waals surface area contributed by atoms with E-state index in [1.807, 2.05) is 0 Å². The van der Waals surface area contributed by atoms with Crippen molar-refractivity contribution >= 4 is 19.2 Å². The third-order valence-electron chi connectivity index (χ3n) is 5.58. The molecule has 0 aromatic rings. The first-order chi connectivity index (χ1) is 13.6. The van der Waals surface area contributed by atoms with Gasteiger partial charge in [-0.25, -0.2) is 0 Å². The molecule has 0 aliphatic rings. The Morgan fingerprint density at radius 3 is 0.857 bits per heavy atom. The second kappa shape index (κ2) is 22.1. The van der Waals surface area contributed by atoms with E-state index in [2.05, 4.69) is 0 Å². The highest BCUT2D eigenvalue weighted by molar-refractivity contribution is 7.51. The Morgan fingerprint density at radius 1 is 0.429 bits per heavy atom. The molecule has 2 N–H and O–H groups in total. The molecule has 28 heavy (non-hydrogen) atoms. The molecule has 0 aromatic carbocycles. The van der Waals surface area contributed by atoms with Gasteiger partial charge in [-0.15, -0.1) is 11.6 Å². The highest BCUT2D eigenvalue weighted by Gasteiger charge is 2.10. The second-order valence-electron chi connectivity index (χ2n) is 8.50. The van der Waals surface area contributed by atoms with Crippen LogP contribution < -0.4 is 0 Å². The fourth-order valence-electron chi connectivity index (χ4n) is 3.77. The zero-order chi connectivity index (χ0) is 20.8. The minimum absolute atomic E-state index is 0.0580. The maximum atomic E-state index is 10.7. The van der Waals surface area contributed by atoms with E-state index >= 15 is 0 Å². The average Bonchev–Trinajstić information content (AvgIpc) is 2.65. The van der Waals surface area contributed by atoms with Gasteiger partial charge in [0, 0.05) is 12.0 Å². The molecule has 0 aromatic heterocycles. The first kappa shape index (κ1) is 28.4. The molecule has 0 radical (unpaired) electrons. The third kappa shape index (κ3) is 26.4. The largest absolute Gasteiger partial charge is 0.325 e. The van der Waals surface area contributed by atoms with Crippen LogP contribution in [0.3, 0.4) is 0 Å². The van der Waals surface area contributed by atoms with Gasteiger partial charge in [-0.3, -0.25) is 4.57 Å². The van der Waals surface area contributed by atoms with Gasteiger partial charge < -0.3 is 9.79 Å². The third-order valence-corrected chi connectivity index (χ3v) is 6.75. The fraction of sp³-hybridized carbons (Fsp3) is 1.00. The quantitative estimate of drug-likeness (QED) is 0.0953. The summed E-state index contributed by atoms with van der Waals surface area (Å²) in [6.45, 7) is 0. The minimum Gasteiger partial charge on any atom is -0.324 e. The van der Waals surface area contributed by atoms with E-state index < -0.39 is 7.60 Å². The lowest BCUT2D eigenvalue weighted by molar-refractivity contribution is 0.370. The summed E-state index contributed by atoms with van der Waals surface area (Å²) in [4.78, 5) is 17.6. The van der Waals surface area contributed by atoms with Crippen LogP contribution >= 0.6 is 19.2 Å². The standard InChI is InChI=1S/C23H48ClO3P/c24-22-20-18-16-14-12-10-8-6-4-2-1-3-5-7-9-11-13-15-17-19-21-23-28(25,26)27/h1-23H2,(H2,25,26,27). The van der Waals surface area contributed by atoms with E-state index in [1.54, 1.807) is 0 Å². The summed E-state index contributed by atoms with van der Waals surface area (Å²) in [6.07, 6.45) is 27.4.